The molecule has 0 aliphatic rings. The second-order valence-corrected chi connectivity index (χ2v) is 5.95. The topological polar surface area (TPSA) is 81.4 Å². The molecule has 0 saturated carbocycles. The van der Waals surface area contributed by atoms with Crippen molar-refractivity contribution in [3.8, 4) is 5.75 Å². The fourth-order valence-corrected chi connectivity index (χ4v) is 3.07. The van der Waals surface area contributed by atoms with E-state index in [0.29, 0.717) is 5.56 Å². The lowest BCUT2D eigenvalue weighted by atomic mass is 10.2. The average molecular weight is 310 g/mol. The molecule has 21 heavy (non-hydrogen) atoms. The molecule has 0 bridgehead atoms. The molecule has 0 aliphatic heterocycles. The molecule has 0 radical (unpaired) electrons. The fraction of sp³-hybridized carbons (Fsp3) is 0.143. The third kappa shape index (κ3) is 3.50. The lowest BCUT2D eigenvalue weighted by molar-refractivity contribution is 0.402. The van der Waals surface area contributed by atoms with Gasteiger partial charge in [0, 0.05) is 12.2 Å². The molecular weight excluding hydrogens is 295 g/mol. The first kappa shape index (κ1) is 15.3. The summed E-state index contributed by atoms with van der Waals surface area (Å²) >= 11 is 0. The maximum atomic E-state index is 12.8. The molecule has 2 aromatic carbocycles. The van der Waals surface area contributed by atoms with Crippen LogP contribution in [0.3, 0.4) is 0 Å². The van der Waals surface area contributed by atoms with E-state index >= 15 is 0 Å². The Morgan fingerprint density at radius 3 is 2.43 bits per heavy atom. The molecule has 2 rings (SSSR count). The SMILES string of the molecule is COc1ccc(CN)cc1S(=O)(=O)Nc1ccc(F)cc1. The maximum Gasteiger partial charge on any atom is 0.265 e. The highest BCUT2D eigenvalue weighted by Crippen LogP contribution is 2.27. The van der Waals surface area contributed by atoms with Crippen molar-refractivity contribution in [3.05, 3.63) is 53.8 Å². The lowest BCUT2D eigenvalue weighted by Crippen LogP contribution is -2.15. The van der Waals surface area contributed by atoms with Gasteiger partial charge in [-0.15, -0.1) is 0 Å². The van der Waals surface area contributed by atoms with Crippen LogP contribution in [-0.2, 0) is 16.6 Å². The van der Waals surface area contributed by atoms with Crippen molar-refractivity contribution in [2.45, 2.75) is 11.4 Å². The van der Waals surface area contributed by atoms with E-state index in [-0.39, 0.29) is 22.9 Å². The highest BCUT2D eigenvalue weighted by Gasteiger charge is 2.20. The van der Waals surface area contributed by atoms with Gasteiger partial charge in [-0.25, -0.2) is 12.8 Å². The van der Waals surface area contributed by atoms with Crippen molar-refractivity contribution in [1.29, 1.82) is 0 Å². The first-order chi connectivity index (χ1) is 9.96. The number of anilines is 1. The zero-order chi connectivity index (χ0) is 15.5. The van der Waals surface area contributed by atoms with Crippen LogP contribution in [0.2, 0.25) is 0 Å². The minimum absolute atomic E-state index is 0.0164. The number of ether oxygens (including phenoxy) is 1. The summed E-state index contributed by atoms with van der Waals surface area (Å²) in [4.78, 5) is -0.0164. The molecule has 0 heterocycles. The van der Waals surface area contributed by atoms with E-state index in [1.54, 1.807) is 12.1 Å². The standard InChI is InChI=1S/C14H15FN2O3S/c1-20-13-7-2-10(9-16)8-14(13)21(18,19)17-12-5-3-11(15)4-6-12/h2-8,17H,9,16H2,1H3. The highest BCUT2D eigenvalue weighted by atomic mass is 32.2. The number of benzene rings is 2. The molecule has 0 atom stereocenters. The molecule has 112 valence electrons. The van der Waals surface area contributed by atoms with Gasteiger partial charge in [0.2, 0.25) is 0 Å². The third-order valence-corrected chi connectivity index (χ3v) is 4.25. The predicted molar refractivity (Wildman–Crippen MR) is 78.1 cm³/mol. The van der Waals surface area contributed by atoms with E-state index < -0.39 is 15.8 Å². The van der Waals surface area contributed by atoms with Crippen LogP contribution in [-0.4, -0.2) is 15.5 Å². The van der Waals surface area contributed by atoms with Crippen molar-refractivity contribution in [2.75, 3.05) is 11.8 Å². The van der Waals surface area contributed by atoms with Gasteiger partial charge < -0.3 is 10.5 Å². The number of hydrogen-bond acceptors (Lipinski definition) is 4. The van der Waals surface area contributed by atoms with Gasteiger partial charge in [0.05, 0.1) is 7.11 Å². The van der Waals surface area contributed by atoms with Crippen LogP contribution >= 0.6 is 0 Å². The number of rotatable bonds is 5. The predicted octanol–water partition coefficient (Wildman–Crippen LogP) is 2.09. The van der Waals surface area contributed by atoms with E-state index in [9.17, 15) is 12.8 Å². The molecule has 0 unspecified atom stereocenters. The highest BCUT2D eigenvalue weighted by molar-refractivity contribution is 7.92. The van der Waals surface area contributed by atoms with Crippen LogP contribution < -0.4 is 15.2 Å². The summed E-state index contributed by atoms with van der Waals surface area (Å²) in [6.07, 6.45) is 0. The molecule has 0 aliphatic carbocycles. The zero-order valence-corrected chi connectivity index (χ0v) is 12.2. The molecule has 3 N–H and O–H groups in total. The minimum atomic E-state index is -3.85. The number of sulfonamides is 1. The monoisotopic (exact) mass is 310 g/mol. The molecule has 0 spiro atoms. The van der Waals surface area contributed by atoms with Gasteiger partial charge in [-0.05, 0) is 42.0 Å². The maximum absolute atomic E-state index is 12.8. The summed E-state index contributed by atoms with van der Waals surface area (Å²) in [5.41, 5.74) is 6.45. The fourth-order valence-electron chi connectivity index (χ4n) is 1.79. The summed E-state index contributed by atoms with van der Waals surface area (Å²) in [5.74, 6) is -0.234. The van der Waals surface area contributed by atoms with Gasteiger partial charge in [0.15, 0.2) is 0 Å². The van der Waals surface area contributed by atoms with E-state index in [0.717, 1.165) is 0 Å². The average Bonchev–Trinajstić information content (AvgIpc) is 2.48. The number of halogens is 1. The quantitative estimate of drug-likeness (QED) is 0.886. The normalized spacial score (nSPS) is 11.2. The molecular formula is C14H15FN2O3S. The summed E-state index contributed by atoms with van der Waals surface area (Å²) in [5, 5.41) is 0. The Kier molecular flexibility index (Phi) is 4.44. The lowest BCUT2D eigenvalue weighted by Gasteiger charge is -2.12. The van der Waals surface area contributed by atoms with Crippen molar-refractivity contribution in [2.24, 2.45) is 5.73 Å². The van der Waals surface area contributed by atoms with Crippen LogP contribution in [0.25, 0.3) is 0 Å². The van der Waals surface area contributed by atoms with Crippen LogP contribution in [0, 0.1) is 5.82 Å². The largest absolute Gasteiger partial charge is 0.495 e. The van der Waals surface area contributed by atoms with Gasteiger partial charge in [0.1, 0.15) is 16.5 Å². The molecule has 0 amide bonds. The van der Waals surface area contributed by atoms with Crippen molar-refractivity contribution < 1.29 is 17.5 Å². The zero-order valence-electron chi connectivity index (χ0n) is 11.3. The van der Waals surface area contributed by atoms with Crippen LogP contribution in [0.5, 0.6) is 5.75 Å². The van der Waals surface area contributed by atoms with Gasteiger partial charge in [-0.1, -0.05) is 6.07 Å². The summed E-state index contributed by atoms with van der Waals surface area (Å²) in [6.45, 7) is 0.211. The number of methoxy groups -OCH3 is 1. The first-order valence-electron chi connectivity index (χ1n) is 6.11. The summed E-state index contributed by atoms with van der Waals surface area (Å²) in [6, 6.07) is 9.71. The van der Waals surface area contributed by atoms with Gasteiger partial charge in [-0.2, -0.15) is 0 Å². The van der Waals surface area contributed by atoms with E-state index in [2.05, 4.69) is 4.72 Å². The number of nitrogens with two attached hydrogens (primary N) is 1. The molecule has 5 nitrogen and oxygen atoms in total. The van der Waals surface area contributed by atoms with E-state index in [4.69, 9.17) is 10.5 Å². The van der Waals surface area contributed by atoms with Gasteiger partial charge >= 0.3 is 0 Å². The van der Waals surface area contributed by atoms with Crippen molar-refractivity contribution in [3.63, 3.8) is 0 Å². The Morgan fingerprint density at radius 2 is 1.86 bits per heavy atom. The van der Waals surface area contributed by atoms with Gasteiger partial charge in [-0.3, -0.25) is 4.72 Å². The first-order valence-corrected chi connectivity index (χ1v) is 7.60. The van der Waals surface area contributed by atoms with Crippen LogP contribution in [0.4, 0.5) is 10.1 Å². The van der Waals surface area contributed by atoms with E-state index in [1.165, 1.54) is 37.4 Å². The van der Waals surface area contributed by atoms with Crippen molar-refractivity contribution in [1.82, 2.24) is 0 Å². The second kappa shape index (κ2) is 6.11. The smallest absolute Gasteiger partial charge is 0.265 e. The van der Waals surface area contributed by atoms with Crippen LogP contribution in [0.1, 0.15) is 5.56 Å². The Balaban J connectivity index is 2.41. The Hall–Kier alpha value is -2.12. The Morgan fingerprint density at radius 1 is 1.19 bits per heavy atom. The molecule has 0 saturated heterocycles. The Labute approximate surface area is 122 Å². The number of nitrogens with one attached hydrogen (secondary N) is 1. The molecule has 0 aromatic heterocycles. The van der Waals surface area contributed by atoms with Crippen LogP contribution in [0.15, 0.2) is 47.4 Å². The molecule has 0 fully saturated rings. The summed E-state index contributed by atoms with van der Waals surface area (Å²) < 4.78 is 45.1. The Bertz CT molecular complexity index is 730. The van der Waals surface area contributed by atoms with Gasteiger partial charge in [0.25, 0.3) is 10.0 Å². The molecule has 7 heteroatoms. The molecule has 2 aromatic rings. The minimum Gasteiger partial charge on any atom is -0.495 e. The summed E-state index contributed by atoms with van der Waals surface area (Å²) in [7, 11) is -2.47. The second-order valence-electron chi connectivity index (χ2n) is 4.30. The van der Waals surface area contributed by atoms with E-state index in [1.807, 2.05) is 0 Å². The third-order valence-electron chi connectivity index (χ3n) is 2.85. The number of hydrogen-bond donors (Lipinski definition) is 2. The van der Waals surface area contributed by atoms with Crippen molar-refractivity contribution >= 4 is 15.7 Å².